The van der Waals surface area contributed by atoms with E-state index in [1.807, 2.05) is 0 Å². The monoisotopic (exact) mass is 393 g/mol. The van der Waals surface area contributed by atoms with E-state index < -0.39 is 46.7 Å². The normalized spacial score (nSPS) is 13.3. The molecule has 1 aromatic heterocycles. The molecule has 146 valence electrons. The summed E-state index contributed by atoms with van der Waals surface area (Å²) < 4.78 is 83.7. The fourth-order valence-corrected chi connectivity index (χ4v) is 2.56. The molecule has 0 bridgehead atoms. The van der Waals surface area contributed by atoms with Crippen molar-refractivity contribution in [1.82, 2.24) is 4.98 Å². The lowest BCUT2D eigenvalue weighted by Crippen LogP contribution is -2.31. The standard InChI is InChI=1S/C17H13F6NO3/c1-8-7-9(2)24-14(25)12(8)15(26)27-13(17(21,22)23)10-5-3-4-6-11(10)16(18,19)20/h3-7,13H,1-2H3,(H,24,25). The first-order chi connectivity index (χ1) is 12.3. The molecule has 1 aromatic carbocycles. The average Bonchev–Trinajstić information content (AvgIpc) is 2.49. The second-order valence-corrected chi connectivity index (χ2v) is 5.75. The van der Waals surface area contributed by atoms with Crippen molar-refractivity contribution in [2.45, 2.75) is 32.3 Å². The third-order valence-corrected chi connectivity index (χ3v) is 3.64. The number of pyridine rings is 1. The average molecular weight is 393 g/mol. The van der Waals surface area contributed by atoms with Gasteiger partial charge in [-0.15, -0.1) is 0 Å². The van der Waals surface area contributed by atoms with Crippen molar-refractivity contribution in [2.75, 3.05) is 0 Å². The molecular weight excluding hydrogens is 380 g/mol. The predicted molar refractivity (Wildman–Crippen MR) is 82.2 cm³/mol. The van der Waals surface area contributed by atoms with Gasteiger partial charge in [-0.2, -0.15) is 26.3 Å². The van der Waals surface area contributed by atoms with Crippen molar-refractivity contribution in [2.24, 2.45) is 0 Å². The van der Waals surface area contributed by atoms with Gasteiger partial charge in [-0.3, -0.25) is 4.79 Å². The van der Waals surface area contributed by atoms with E-state index in [9.17, 15) is 35.9 Å². The minimum atomic E-state index is -5.33. The number of halogens is 6. The first kappa shape index (κ1) is 20.5. The van der Waals surface area contributed by atoms with Crippen LogP contribution in [-0.4, -0.2) is 17.1 Å². The van der Waals surface area contributed by atoms with E-state index in [0.717, 1.165) is 12.1 Å². The number of hydrogen-bond acceptors (Lipinski definition) is 3. The minimum absolute atomic E-state index is 0.0336. The van der Waals surface area contributed by atoms with E-state index in [2.05, 4.69) is 9.72 Å². The quantitative estimate of drug-likeness (QED) is 0.618. The molecule has 0 spiro atoms. The second kappa shape index (κ2) is 7.09. The first-order valence-corrected chi connectivity index (χ1v) is 7.46. The van der Waals surface area contributed by atoms with Crippen LogP contribution in [0.3, 0.4) is 0 Å². The van der Waals surface area contributed by atoms with Gasteiger partial charge >= 0.3 is 18.3 Å². The maximum Gasteiger partial charge on any atom is 0.429 e. The molecule has 27 heavy (non-hydrogen) atoms. The highest BCUT2D eigenvalue weighted by molar-refractivity contribution is 5.90. The molecule has 0 radical (unpaired) electrons. The zero-order valence-corrected chi connectivity index (χ0v) is 14.0. The van der Waals surface area contributed by atoms with Crippen molar-refractivity contribution in [1.29, 1.82) is 0 Å². The summed E-state index contributed by atoms with van der Waals surface area (Å²) in [6.07, 6.45) is -13.6. The lowest BCUT2D eigenvalue weighted by molar-refractivity contribution is -0.209. The molecule has 4 nitrogen and oxygen atoms in total. The van der Waals surface area contributed by atoms with E-state index >= 15 is 0 Å². The van der Waals surface area contributed by atoms with Gasteiger partial charge in [0.2, 0.25) is 6.10 Å². The molecule has 0 aliphatic carbocycles. The maximum atomic E-state index is 13.4. The summed E-state index contributed by atoms with van der Waals surface area (Å²) in [5.74, 6) is -1.67. The van der Waals surface area contributed by atoms with Crippen LogP contribution in [0.2, 0.25) is 0 Å². The lowest BCUT2D eigenvalue weighted by Gasteiger charge is -2.24. The number of nitrogens with one attached hydrogen (secondary N) is 1. The molecule has 1 unspecified atom stereocenters. The molecule has 10 heteroatoms. The SMILES string of the molecule is Cc1cc(C)c(C(=O)OC(c2ccccc2C(F)(F)F)C(F)(F)F)c(=O)[nH]1. The highest BCUT2D eigenvalue weighted by Gasteiger charge is 2.48. The Labute approximate surface area is 148 Å². The number of H-pyrrole nitrogens is 1. The Morgan fingerprint density at radius 1 is 1.07 bits per heavy atom. The number of esters is 1. The number of aryl methyl sites for hydroxylation is 2. The van der Waals surface area contributed by atoms with E-state index in [0.29, 0.717) is 17.8 Å². The van der Waals surface area contributed by atoms with Crippen molar-refractivity contribution in [3.63, 3.8) is 0 Å². The fraction of sp³-hybridized carbons (Fsp3) is 0.294. The van der Waals surface area contributed by atoms with Gasteiger partial charge in [0.15, 0.2) is 0 Å². The molecule has 0 aliphatic rings. The minimum Gasteiger partial charge on any atom is -0.444 e. The van der Waals surface area contributed by atoms with Gasteiger partial charge in [0, 0.05) is 11.3 Å². The van der Waals surface area contributed by atoms with Crippen LogP contribution >= 0.6 is 0 Å². The highest BCUT2D eigenvalue weighted by Crippen LogP contribution is 2.42. The van der Waals surface area contributed by atoms with Gasteiger partial charge in [0.1, 0.15) is 5.56 Å². The molecule has 0 amide bonds. The Kier molecular flexibility index (Phi) is 5.39. The summed E-state index contributed by atoms with van der Waals surface area (Å²) in [5, 5.41) is 0. The zero-order chi connectivity index (χ0) is 20.6. The summed E-state index contributed by atoms with van der Waals surface area (Å²) in [4.78, 5) is 26.3. The number of carbonyl (C=O) groups excluding carboxylic acids is 1. The van der Waals surface area contributed by atoms with Gasteiger partial charge in [-0.05, 0) is 31.5 Å². The Balaban J connectivity index is 2.53. The largest absolute Gasteiger partial charge is 0.444 e. The number of benzene rings is 1. The lowest BCUT2D eigenvalue weighted by atomic mass is 10.0. The van der Waals surface area contributed by atoms with Gasteiger partial charge in [0.25, 0.3) is 5.56 Å². The topological polar surface area (TPSA) is 59.2 Å². The van der Waals surface area contributed by atoms with Crippen molar-refractivity contribution in [3.8, 4) is 0 Å². The smallest absolute Gasteiger partial charge is 0.429 e. The van der Waals surface area contributed by atoms with Crippen LogP contribution in [-0.2, 0) is 10.9 Å². The summed E-state index contributed by atoms with van der Waals surface area (Å²) in [6.45, 7) is 2.78. The maximum absolute atomic E-state index is 13.4. The van der Waals surface area contributed by atoms with E-state index in [1.165, 1.54) is 19.9 Å². The third-order valence-electron chi connectivity index (χ3n) is 3.64. The molecule has 0 fully saturated rings. The molecule has 0 aliphatic heterocycles. The molecule has 0 saturated carbocycles. The molecule has 2 aromatic rings. The van der Waals surface area contributed by atoms with Crippen LogP contribution in [0.5, 0.6) is 0 Å². The third kappa shape index (κ3) is 4.50. The summed E-state index contributed by atoms with van der Waals surface area (Å²) in [7, 11) is 0. The van der Waals surface area contributed by atoms with Crippen LogP contribution in [0.1, 0.15) is 38.8 Å². The van der Waals surface area contributed by atoms with Crippen LogP contribution < -0.4 is 5.56 Å². The summed E-state index contributed by atoms with van der Waals surface area (Å²) >= 11 is 0. The number of rotatable bonds is 3. The van der Waals surface area contributed by atoms with Crippen LogP contribution in [0.4, 0.5) is 26.3 Å². The molecule has 1 heterocycles. The fourth-order valence-electron chi connectivity index (χ4n) is 2.56. The second-order valence-electron chi connectivity index (χ2n) is 5.75. The first-order valence-electron chi connectivity index (χ1n) is 7.46. The van der Waals surface area contributed by atoms with Crippen molar-refractivity contribution < 1.29 is 35.9 Å². The van der Waals surface area contributed by atoms with Crippen molar-refractivity contribution in [3.05, 3.63) is 68.6 Å². The van der Waals surface area contributed by atoms with Gasteiger partial charge in [-0.1, -0.05) is 18.2 Å². The number of hydrogen-bond donors (Lipinski definition) is 1. The zero-order valence-electron chi connectivity index (χ0n) is 14.0. The number of aromatic amines is 1. The Morgan fingerprint density at radius 2 is 1.67 bits per heavy atom. The summed E-state index contributed by atoms with van der Waals surface area (Å²) in [5.41, 5.74) is -4.18. The van der Waals surface area contributed by atoms with Crippen LogP contribution in [0, 0.1) is 13.8 Å². The number of ether oxygens (including phenoxy) is 1. The van der Waals surface area contributed by atoms with Crippen molar-refractivity contribution >= 4 is 5.97 Å². The van der Waals surface area contributed by atoms with Crippen LogP contribution in [0.15, 0.2) is 35.1 Å². The van der Waals surface area contributed by atoms with Gasteiger partial charge in [0.05, 0.1) is 5.56 Å². The Morgan fingerprint density at radius 3 is 2.19 bits per heavy atom. The predicted octanol–water partition coefficient (Wildman–Crippen LogP) is 4.47. The molecule has 1 atom stereocenters. The molecule has 0 saturated heterocycles. The number of aromatic nitrogens is 1. The van der Waals surface area contributed by atoms with Crippen LogP contribution in [0.25, 0.3) is 0 Å². The van der Waals surface area contributed by atoms with E-state index in [4.69, 9.17) is 0 Å². The Bertz CT molecular complexity index is 914. The summed E-state index contributed by atoms with van der Waals surface area (Å²) in [6, 6.07) is 4.22. The highest BCUT2D eigenvalue weighted by atomic mass is 19.4. The van der Waals surface area contributed by atoms with Gasteiger partial charge in [-0.25, -0.2) is 4.79 Å². The molecular formula is C17H13F6NO3. The number of alkyl halides is 6. The van der Waals surface area contributed by atoms with E-state index in [1.54, 1.807) is 0 Å². The van der Waals surface area contributed by atoms with Gasteiger partial charge < -0.3 is 9.72 Å². The Hall–Kier alpha value is -2.78. The van der Waals surface area contributed by atoms with E-state index in [-0.39, 0.29) is 5.56 Å². The number of carbonyl (C=O) groups is 1. The molecule has 1 N–H and O–H groups in total. The molecule has 2 rings (SSSR count).